The van der Waals surface area contributed by atoms with Gasteiger partial charge < -0.3 is 19.4 Å². The van der Waals surface area contributed by atoms with Gasteiger partial charge in [0.05, 0.1) is 6.54 Å². The smallest absolute Gasteiger partial charge is 0.415 e. The fraction of sp³-hybridized carbons (Fsp3) is 0.286. The van der Waals surface area contributed by atoms with Crippen LogP contribution in [0.5, 0.6) is 6.08 Å². The molecule has 0 bridgehead atoms. The molecular formula is C14H14N4O4. The summed E-state index contributed by atoms with van der Waals surface area (Å²) in [5, 5.41) is 10.2. The molecule has 0 saturated carbocycles. The Hall–Kier alpha value is -2.90. The van der Waals surface area contributed by atoms with Crippen LogP contribution >= 0.6 is 0 Å². The summed E-state index contributed by atoms with van der Waals surface area (Å²) < 4.78 is 10.5. The van der Waals surface area contributed by atoms with Crippen molar-refractivity contribution in [1.82, 2.24) is 20.4 Å². The first-order valence-corrected chi connectivity index (χ1v) is 6.78. The van der Waals surface area contributed by atoms with E-state index < -0.39 is 0 Å². The van der Waals surface area contributed by atoms with Crippen molar-refractivity contribution in [2.45, 2.75) is 0 Å². The third-order valence-corrected chi connectivity index (χ3v) is 3.14. The number of aromatic nitrogens is 2. The van der Waals surface area contributed by atoms with Crippen molar-refractivity contribution in [3.8, 4) is 17.5 Å². The van der Waals surface area contributed by atoms with Gasteiger partial charge in [-0.1, -0.05) is 23.3 Å². The van der Waals surface area contributed by atoms with E-state index in [0.29, 0.717) is 19.0 Å². The minimum absolute atomic E-state index is 0.0429. The van der Waals surface area contributed by atoms with Gasteiger partial charge in [0.1, 0.15) is 0 Å². The predicted molar refractivity (Wildman–Crippen MR) is 74.8 cm³/mol. The van der Waals surface area contributed by atoms with Crippen molar-refractivity contribution in [2.75, 3.05) is 26.2 Å². The van der Waals surface area contributed by atoms with Gasteiger partial charge in [0.15, 0.2) is 6.61 Å². The van der Waals surface area contributed by atoms with Crippen LogP contribution in [0.4, 0.5) is 0 Å². The van der Waals surface area contributed by atoms with E-state index in [1.54, 1.807) is 0 Å². The van der Waals surface area contributed by atoms with Crippen molar-refractivity contribution >= 4 is 11.8 Å². The maximum absolute atomic E-state index is 11.9. The second-order valence-electron chi connectivity index (χ2n) is 4.69. The summed E-state index contributed by atoms with van der Waals surface area (Å²) >= 11 is 0. The van der Waals surface area contributed by atoms with Crippen LogP contribution in [0.25, 0.3) is 11.5 Å². The summed E-state index contributed by atoms with van der Waals surface area (Å²) in [7, 11) is 0. The summed E-state index contributed by atoms with van der Waals surface area (Å²) in [6.45, 7) is 0.710. The molecule has 1 fully saturated rings. The molecule has 2 heterocycles. The zero-order valence-corrected chi connectivity index (χ0v) is 11.7. The number of carbonyl (C=O) groups excluding carboxylic acids is 2. The third kappa shape index (κ3) is 3.22. The van der Waals surface area contributed by atoms with Crippen LogP contribution in [0.15, 0.2) is 34.7 Å². The van der Waals surface area contributed by atoms with E-state index in [2.05, 4.69) is 15.5 Å². The lowest BCUT2D eigenvalue weighted by molar-refractivity contribution is -0.140. The minimum atomic E-state index is -0.297. The number of rotatable bonds is 4. The Morgan fingerprint density at radius 2 is 2.14 bits per heavy atom. The molecule has 0 radical (unpaired) electrons. The van der Waals surface area contributed by atoms with Crippen LogP contribution in [0.2, 0.25) is 0 Å². The molecule has 0 aliphatic carbocycles. The van der Waals surface area contributed by atoms with Gasteiger partial charge in [-0.2, -0.15) is 0 Å². The number of nitrogens with zero attached hydrogens (tertiary/aromatic N) is 3. The molecule has 1 aliphatic rings. The Morgan fingerprint density at radius 3 is 2.91 bits per heavy atom. The number of piperazine rings is 1. The quantitative estimate of drug-likeness (QED) is 0.858. The molecule has 1 saturated heterocycles. The number of carbonyl (C=O) groups is 2. The Kier molecular flexibility index (Phi) is 3.99. The molecule has 0 unspecified atom stereocenters. The zero-order valence-electron chi connectivity index (χ0n) is 11.7. The lowest BCUT2D eigenvalue weighted by Crippen LogP contribution is -2.51. The van der Waals surface area contributed by atoms with Gasteiger partial charge in [-0.05, 0) is 12.1 Å². The van der Waals surface area contributed by atoms with Crippen LogP contribution < -0.4 is 10.1 Å². The normalized spacial score (nSPS) is 14.5. The van der Waals surface area contributed by atoms with E-state index >= 15 is 0 Å². The Bertz CT molecular complexity index is 670. The summed E-state index contributed by atoms with van der Waals surface area (Å²) in [6, 6.07) is 9.24. The van der Waals surface area contributed by atoms with E-state index in [0.717, 1.165) is 5.56 Å². The fourth-order valence-corrected chi connectivity index (χ4v) is 2.03. The second-order valence-corrected chi connectivity index (χ2v) is 4.69. The molecule has 1 aromatic carbocycles. The summed E-state index contributed by atoms with van der Waals surface area (Å²) in [5.41, 5.74) is 0.767. The van der Waals surface area contributed by atoms with E-state index in [1.165, 1.54) is 4.90 Å². The highest BCUT2D eigenvalue weighted by Crippen LogP contribution is 2.20. The lowest BCUT2D eigenvalue weighted by Gasteiger charge is -2.26. The molecule has 114 valence electrons. The Labute approximate surface area is 126 Å². The van der Waals surface area contributed by atoms with Gasteiger partial charge in [-0.3, -0.25) is 9.59 Å². The van der Waals surface area contributed by atoms with E-state index in [4.69, 9.17) is 9.15 Å². The van der Waals surface area contributed by atoms with E-state index in [1.807, 2.05) is 30.3 Å². The van der Waals surface area contributed by atoms with E-state index in [9.17, 15) is 9.59 Å². The molecule has 0 spiro atoms. The fourth-order valence-electron chi connectivity index (χ4n) is 2.03. The van der Waals surface area contributed by atoms with Crippen molar-refractivity contribution in [3.63, 3.8) is 0 Å². The van der Waals surface area contributed by atoms with Crippen LogP contribution in [-0.2, 0) is 9.59 Å². The maximum Gasteiger partial charge on any atom is 0.415 e. The Balaban J connectivity index is 1.57. The molecule has 1 aromatic heterocycles. The maximum atomic E-state index is 11.9. The minimum Gasteiger partial charge on any atom is -0.439 e. The number of benzene rings is 1. The number of hydrogen-bond acceptors (Lipinski definition) is 6. The number of nitrogens with one attached hydrogen (secondary N) is 1. The third-order valence-electron chi connectivity index (χ3n) is 3.14. The summed E-state index contributed by atoms with van der Waals surface area (Å²) in [6.07, 6.45) is -0.0753. The topological polar surface area (TPSA) is 97.6 Å². The second kappa shape index (κ2) is 6.25. The van der Waals surface area contributed by atoms with E-state index in [-0.39, 0.29) is 31.0 Å². The molecule has 3 rings (SSSR count). The zero-order chi connectivity index (χ0) is 15.4. The molecular weight excluding hydrogens is 288 g/mol. The monoisotopic (exact) mass is 302 g/mol. The molecule has 8 nitrogen and oxygen atoms in total. The SMILES string of the molecule is O=C1CN(C(=O)COc2nnc(-c3ccccc3)o2)CCN1. The van der Waals surface area contributed by atoms with Crippen LogP contribution in [0.1, 0.15) is 0 Å². The van der Waals surface area contributed by atoms with Crippen LogP contribution in [-0.4, -0.2) is 53.2 Å². The van der Waals surface area contributed by atoms with Gasteiger partial charge in [-0.25, -0.2) is 0 Å². The predicted octanol–water partition coefficient (Wildman–Crippen LogP) is 0.0738. The number of ether oxygens (including phenoxy) is 1. The average Bonchev–Trinajstić information content (AvgIpc) is 3.02. The molecule has 1 aliphatic heterocycles. The molecule has 1 N–H and O–H groups in total. The highest BCUT2D eigenvalue weighted by atomic mass is 16.6. The van der Waals surface area contributed by atoms with Gasteiger partial charge >= 0.3 is 6.08 Å². The Morgan fingerprint density at radius 1 is 1.32 bits per heavy atom. The first kappa shape index (κ1) is 14.1. The highest BCUT2D eigenvalue weighted by Gasteiger charge is 2.22. The van der Waals surface area contributed by atoms with Crippen molar-refractivity contribution < 1.29 is 18.7 Å². The first-order chi connectivity index (χ1) is 10.7. The highest BCUT2D eigenvalue weighted by molar-refractivity contribution is 5.86. The number of hydrogen-bond donors (Lipinski definition) is 1. The summed E-state index contributed by atoms with van der Waals surface area (Å²) in [5.74, 6) is -0.154. The molecule has 2 amide bonds. The van der Waals surface area contributed by atoms with Gasteiger partial charge in [0.25, 0.3) is 11.8 Å². The number of amides is 2. The largest absolute Gasteiger partial charge is 0.439 e. The molecule has 0 atom stereocenters. The van der Waals surface area contributed by atoms with Gasteiger partial charge in [0, 0.05) is 18.7 Å². The molecule has 2 aromatic rings. The standard InChI is InChI=1S/C14H14N4O4/c19-11-8-18(7-6-15-11)12(20)9-21-14-17-16-13(22-14)10-4-2-1-3-5-10/h1-5H,6-9H2,(H,15,19). The van der Waals surface area contributed by atoms with Crippen molar-refractivity contribution in [2.24, 2.45) is 0 Å². The van der Waals surface area contributed by atoms with Crippen molar-refractivity contribution in [3.05, 3.63) is 30.3 Å². The lowest BCUT2D eigenvalue weighted by atomic mass is 10.2. The average molecular weight is 302 g/mol. The molecule has 8 heteroatoms. The van der Waals surface area contributed by atoms with Gasteiger partial charge in [0.2, 0.25) is 5.91 Å². The van der Waals surface area contributed by atoms with Gasteiger partial charge in [-0.15, -0.1) is 5.10 Å². The van der Waals surface area contributed by atoms with Crippen LogP contribution in [0, 0.1) is 0 Å². The van der Waals surface area contributed by atoms with Crippen molar-refractivity contribution in [1.29, 1.82) is 0 Å². The van der Waals surface area contributed by atoms with Crippen LogP contribution in [0.3, 0.4) is 0 Å². The summed E-state index contributed by atoms with van der Waals surface area (Å²) in [4.78, 5) is 24.6. The first-order valence-electron chi connectivity index (χ1n) is 6.78. The molecule has 22 heavy (non-hydrogen) atoms.